The maximum Gasteiger partial charge on any atom is 0.0770 e. The lowest BCUT2D eigenvalue weighted by Crippen LogP contribution is -1.94. The van der Waals surface area contributed by atoms with Crippen LogP contribution in [0.25, 0.3) is 0 Å². The van der Waals surface area contributed by atoms with Crippen molar-refractivity contribution in [3.63, 3.8) is 0 Å². The Morgan fingerprint density at radius 2 is 1.79 bits per heavy atom. The maximum atomic E-state index is 6.24. The summed E-state index contributed by atoms with van der Waals surface area (Å²) in [6.07, 6.45) is 2.05. The molecule has 0 saturated carbocycles. The highest BCUT2D eigenvalue weighted by atomic mass is 79.9. The van der Waals surface area contributed by atoms with E-state index in [4.69, 9.17) is 16.6 Å². The van der Waals surface area contributed by atoms with Gasteiger partial charge in [0.2, 0.25) is 0 Å². The minimum atomic E-state index is 0.201. The first-order valence-electron chi connectivity index (χ1n) is 6.31. The molecule has 0 fully saturated rings. The van der Waals surface area contributed by atoms with Gasteiger partial charge in [-0.3, -0.25) is 4.99 Å². The monoisotopic (exact) mass is 333 g/mol. The first-order valence-corrected chi connectivity index (χ1v) is 7.48. The van der Waals surface area contributed by atoms with Crippen molar-refractivity contribution in [2.45, 2.75) is 18.9 Å². The summed E-state index contributed by atoms with van der Waals surface area (Å²) in [7, 11) is 0. The van der Waals surface area contributed by atoms with Crippen LogP contribution in [-0.2, 0) is 0 Å². The molecule has 1 heterocycles. The zero-order valence-corrected chi connectivity index (χ0v) is 12.7. The van der Waals surface area contributed by atoms with Crippen molar-refractivity contribution in [3.05, 3.63) is 69.2 Å². The number of nitrogens with zero attached hydrogens (tertiary/aromatic N) is 1. The van der Waals surface area contributed by atoms with Crippen LogP contribution in [0.2, 0.25) is 5.02 Å². The predicted octanol–water partition coefficient (Wildman–Crippen LogP) is 5.43. The molecule has 0 aliphatic carbocycles. The smallest absolute Gasteiger partial charge is 0.0770 e. The normalized spacial score (nSPS) is 18.4. The van der Waals surface area contributed by atoms with E-state index in [1.54, 1.807) is 0 Å². The van der Waals surface area contributed by atoms with Crippen LogP contribution in [0.3, 0.4) is 0 Å². The van der Waals surface area contributed by atoms with E-state index < -0.39 is 0 Å². The number of aliphatic imine (C=N–C) groups is 1. The van der Waals surface area contributed by atoms with Crippen molar-refractivity contribution < 1.29 is 0 Å². The van der Waals surface area contributed by atoms with Crippen molar-refractivity contribution in [3.8, 4) is 0 Å². The van der Waals surface area contributed by atoms with E-state index in [0.29, 0.717) is 0 Å². The Balaban J connectivity index is 1.89. The lowest BCUT2D eigenvalue weighted by molar-refractivity contribution is 0.723. The van der Waals surface area contributed by atoms with Gasteiger partial charge >= 0.3 is 0 Å². The molecule has 1 aliphatic rings. The highest BCUT2D eigenvalue weighted by molar-refractivity contribution is 9.10. The van der Waals surface area contributed by atoms with E-state index in [0.717, 1.165) is 27.9 Å². The molecule has 0 bridgehead atoms. The second-order valence-corrected chi connectivity index (χ2v) is 5.98. The van der Waals surface area contributed by atoms with Crippen LogP contribution >= 0.6 is 27.5 Å². The summed E-state index contributed by atoms with van der Waals surface area (Å²) >= 11 is 9.70. The van der Waals surface area contributed by atoms with Crippen LogP contribution in [0.4, 0.5) is 0 Å². The summed E-state index contributed by atoms with van der Waals surface area (Å²) in [5.74, 6) is 0. The average molecular weight is 335 g/mol. The van der Waals surface area contributed by atoms with Crippen molar-refractivity contribution in [2.75, 3.05) is 0 Å². The van der Waals surface area contributed by atoms with Gasteiger partial charge in [0, 0.05) is 15.2 Å². The first kappa shape index (κ1) is 12.9. The molecule has 1 atom stereocenters. The summed E-state index contributed by atoms with van der Waals surface area (Å²) in [5.41, 5.74) is 3.52. The van der Waals surface area contributed by atoms with E-state index in [-0.39, 0.29) is 6.04 Å². The molecule has 19 heavy (non-hydrogen) atoms. The molecule has 2 aromatic carbocycles. The zero-order valence-electron chi connectivity index (χ0n) is 10.3. The second kappa shape index (κ2) is 5.48. The summed E-state index contributed by atoms with van der Waals surface area (Å²) in [6.45, 7) is 0. The molecular formula is C16H13BrClN. The highest BCUT2D eigenvalue weighted by Gasteiger charge is 2.21. The van der Waals surface area contributed by atoms with Crippen molar-refractivity contribution in [2.24, 2.45) is 4.99 Å². The Kier molecular flexibility index (Phi) is 3.72. The predicted molar refractivity (Wildman–Crippen MR) is 84.1 cm³/mol. The lowest BCUT2D eigenvalue weighted by Gasteiger charge is -2.08. The van der Waals surface area contributed by atoms with Crippen LogP contribution in [0, 0.1) is 0 Å². The topological polar surface area (TPSA) is 12.4 Å². The van der Waals surface area contributed by atoms with Crippen molar-refractivity contribution in [1.82, 2.24) is 0 Å². The SMILES string of the molecule is Clc1ccccc1C1CCC(c2ccc(Br)cc2)=N1. The van der Waals surface area contributed by atoms with E-state index >= 15 is 0 Å². The fraction of sp³-hybridized carbons (Fsp3) is 0.188. The summed E-state index contributed by atoms with van der Waals surface area (Å²) in [4.78, 5) is 4.84. The summed E-state index contributed by atoms with van der Waals surface area (Å²) in [6, 6.07) is 16.5. The van der Waals surface area contributed by atoms with Crippen LogP contribution in [0.15, 0.2) is 58.0 Å². The Bertz CT molecular complexity index is 619. The summed E-state index contributed by atoms with van der Waals surface area (Å²) < 4.78 is 1.09. The van der Waals surface area contributed by atoms with Gasteiger partial charge in [0.25, 0.3) is 0 Å². The molecule has 96 valence electrons. The van der Waals surface area contributed by atoms with Gasteiger partial charge in [0.05, 0.1) is 6.04 Å². The molecule has 0 radical (unpaired) electrons. The first-order chi connectivity index (χ1) is 9.24. The second-order valence-electron chi connectivity index (χ2n) is 4.66. The number of hydrogen-bond acceptors (Lipinski definition) is 1. The minimum absolute atomic E-state index is 0.201. The molecular weight excluding hydrogens is 322 g/mol. The highest BCUT2D eigenvalue weighted by Crippen LogP contribution is 2.34. The number of hydrogen-bond donors (Lipinski definition) is 0. The van der Waals surface area contributed by atoms with E-state index in [9.17, 15) is 0 Å². The van der Waals surface area contributed by atoms with Gasteiger partial charge in [-0.05, 0) is 42.2 Å². The van der Waals surface area contributed by atoms with Crippen LogP contribution in [0.5, 0.6) is 0 Å². The summed E-state index contributed by atoms with van der Waals surface area (Å²) in [5, 5.41) is 0.813. The van der Waals surface area contributed by atoms with Crippen molar-refractivity contribution in [1.29, 1.82) is 0 Å². The Hall–Kier alpha value is -1.12. The molecule has 1 unspecified atom stereocenters. The van der Waals surface area contributed by atoms with Gasteiger partial charge in [-0.2, -0.15) is 0 Å². The fourth-order valence-electron chi connectivity index (χ4n) is 2.42. The maximum absolute atomic E-state index is 6.24. The molecule has 0 N–H and O–H groups in total. The Morgan fingerprint density at radius 3 is 2.53 bits per heavy atom. The molecule has 0 spiro atoms. The van der Waals surface area contributed by atoms with Crippen LogP contribution in [-0.4, -0.2) is 5.71 Å². The van der Waals surface area contributed by atoms with Gasteiger partial charge in [-0.15, -0.1) is 0 Å². The Morgan fingerprint density at radius 1 is 1.05 bits per heavy atom. The third-order valence-electron chi connectivity index (χ3n) is 3.41. The number of rotatable bonds is 2. The van der Waals surface area contributed by atoms with Gasteiger partial charge in [-0.1, -0.05) is 57.9 Å². The molecule has 0 saturated heterocycles. The molecule has 3 rings (SSSR count). The van der Waals surface area contributed by atoms with Gasteiger partial charge < -0.3 is 0 Å². The van der Waals surface area contributed by atoms with Crippen LogP contribution < -0.4 is 0 Å². The standard InChI is InChI=1S/C16H13BrClN/c17-12-7-5-11(6-8-12)15-9-10-16(19-15)13-3-1-2-4-14(13)18/h1-8,16H,9-10H2. The van der Waals surface area contributed by atoms with E-state index in [1.807, 2.05) is 18.2 Å². The Labute approximate surface area is 126 Å². The minimum Gasteiger partial charge on any atom is -0.281 e. The van der Waals surface area contributed by atoms with Crippen LogP contribution in [0.1, 0.15) is 30.0 Å². The molecule has 3 heteroatoms. The zero-order chi connectivity index (χ0) is 13.2. The fourth-order valence-corrected chi connectivity index (χ4v) is 2.95. The van der Waals surface area contributed by atoms with Gasteiger partial charge in [0.15, 0.2) is 0 Å². The average Bonchev–Trinajstić information content (AvgIpc) is 2.89. The molecule has 0 aromatic heterocycles. The quantitative estimate of drug-likeness (QED) is 0.694. The third kappa shape index (κ3) is 2.75. The largest absolute Gasteiger partial charge is 0.281 e. The van der Waals surface area contributed by atoms with Gasteiger partial charge in [-0.25, -0.2) is 0 Å². The molecule has 0 amide bonds. The number of benzene rings is 2. The van der Waals surface area contributed by atoms with E-state index in [1.165, 1.54) is 11.3 Å². The molecule has 2 aromatic rings. The number of halogens is 2. The van der Waals surface area contributed by atoms with Crippen molar-refractivity contribution >= 4 is 33.2 Å². The van der Waals surface area contributed by atoms with E-state index in [2.05, 4.69) is 46.3 Å². The molecule has 1 nitrogen and oxygen atoms in total. The van der Waals surface area contributed by atoms with Gasteiger partial charge in [0.1, 0.15) is 0 Å². The molecule has 1 aliphatic heterocycles. The third-order valence-corrected chi connectivity index (χ3v) is 4.28. The lowest BCUT2D eigenvalue weighted by atomic mass is 10.0.